The molecule has 3 nitrogen and oxygen atoms in total. The van der Waals surface area contributed by atoms with Gasteiger partial charge in [-0.3, -0.25) is 5.41 Å². The number of anilines is 2. The Labute approximate surface area is 159 Å². The Kier molecular flexibility index (Phi) is 6.84. The molecular formula is C23H33N3. The van der Waals surface area contributed by atoms with Gasteiger partial charge in [-0.2, -0.15) is 0 Å². The summed E-state index contributed by atoms with van der Waals surface area (Å²) in [7, 11) is 0. The third kappa shape index (κ3) is 4.46. The first-order chi connectivity index (χ1) is 12.4. The summed E-state index contributed by atoms with van der Waals surface area (Å²) in [6, 6.07) is 17.5. The summed E-state index contributed by atoms with van der Waals surface area (Å²) >= 11 is 0. The summed E-state index contributed by atoms with van der Waals surface area (Å²) in [6.45, 7) is 12.9. The van der Waals surface area contributed by atoms with Crippen LogP contribution in [-0.4, -0.2) is 18.0 Å². The quantitative estimate of drug-likeness (QED) is 0.520. The number of hydrogen-bond donors (Lipinski definition) is 1. The Morgan fingerprint density at radius 1 is 0.769 bits per heavy atom. The highest BCUT2D eigenvalue weighted by atomic mass is 15.4. The van der Waals surface area contributed by atoms with Crippen LogP contribution >= 0.6 is 0 Å². The second-order valence-electron chi connectivity index (χ2n) is 7.30. The van der Waals surface area contributed by atoms with E-state index in [2.05, 4.69) is 99.9 Å². The van der Waals surface area contributed by atoms with Crippen LogP contribution in [-0.2, 0) is 12.8 Å². The molecule has 2 rings (SSSR count). The van der Waals surface area contributed by atoms with E-state index in [-0.39, 0.29) is 12.1 Å². The average Bonchev–Trinajstić information content (AvgIpc) is 2.61. The highest BCUT2D eigenvalue weighted by Crippen LogP contribution is 2.25. The van der Waals surface area contributed by atoms with Crippen LogP contribution in [0, 0.1) is 5.41 Å². The van der Waals surface area contributed by atoms with Crippen molar-refractivity contribution < 1.29 is 0 Å². The van der Waals surface area contributed by atoms with Crippen molar-refractivity contribution in [2.24, 2.45) is 0 Å². The molecule has 26 heavy (non-hydrogen) atoms. The van der Waals surface area contributed by atoms with E-state index in [1.807, 2.05) is 0 Å². The summed E-state index contributed by atoms with van der Waals surface area (Å²) in [5.74, 6) is 0.525. The molecule has 0 aliphatic rings. The lowest BCUT2D eigenvalue weighted by Gasteiger charge is -2.38. The Bertz CT molecular complexity index is 672. The van der Waals surface area contributed by atoms with Crippen molar-refractivity contribution in [1.29, 1.82) is 5.41 Å². The summed E-state index contributed by atoms with van der Waals surface area (Å²) < 4.78 is 0. The minimum absolute atomic E-state index is 0.199. The van der Waals surface area contributed by atoms with Gasteiger partial charge in [0.05, 0.1) is 0 Å². The fourth-order valence-corrected chi connectivity index (χ4v) is 3.30. The number of nitrogens with zero attached hydrogens (tertiary/aromatic N) is 2. The van der Waals surface area contributed by atoms with Crippen molar-refractivity contribution in [2.75, 3.05) is 9.80 Å². The molecule has 0 atom stereocenters. The zero-order valence-corrected chi connectivity index (χ0v) is 17.1. The van der Waals surface area contributed by atoms with Crippen molar-refractivity contribution in [2.45, 2.75) is 66.5 Å². The zero-order valence-electron chi connectivity index (χ0n) is 17.1. The Morgan fingerprint density at radius 3 is 1.46 bits per heavy atom. The largest absolute Gasteiger partial charge is 0.310 e. The first-order valence-corrected chi connectivity index (χ1v) is 9.73. The van der Waals surface area contributed by atoms with Crippen LogP contribution in [0.15, 0.2) is 48.5 Å². The number of nitrogens with one attached hydrogen (secondary N) is 1. The molecule has 0 heterocycles. The minimum Gasteiger partial charge on any atom is -0.310 e. The average molecular weight is 352 g/mol. The van der Waals surface area contributed by atoms with Gasteiger partial charge in [0, 0.05) is 23.5 Å². The molecule has 0 amide bonds. The molecule has 140 valence electrons. The van der Waals surface area contributed by atoms with E-state index in [1.165, 1.54) is 11.1 Å². The van der Waals surface area contributed by atoms with Crippen molar-refractivity contribution in [3.05, 3.63) is 59.7 Å². The van der Waals surface area contributed by atoms with E-state index < -0.39 is 0 Å². The van der Waals surface area contributed by atoms with Crippen LogP contribution in [0.3, 0.4) is 0 Å². The molecule has 3 heteroatoms. The molecule has 1 N–H and O–H groups in total. The maximum Gasteiger partial charge on any atom is 0.203 e. The maximum atomic E-state index is 9.05. The zero-order chi connectivity index (χ0) is 19.3. The predicted molar refractivity (Wildman–Crippen MR) is 115 cm³/mol. The fourth-order valence-electron chi connectivity index (χ4n) is 3.30. The van der Waals surface area contributed by atoms with Gasteiger partial charge >= 0.3 is 0 Å². The standard InChI is InChI=1S/C23H33N3/c1-7-19-11-9-13-21(15-19)25(17(3)4)23(24)26(18(5)6)22-14-10-12-20(8-2)16-22/h9-18,24H,7-8H2,1-6H3. The molecule has 2 aromatic rings. The lowest BCUT2D eigenvalue weighted by Crippen LogP contribution is -2.50. The normalized spacial score (nSPS) is 11.1. The molecular weight excluding hydrogens is 318 g/mol. The van der Waals surface area contributed by atoms with Crippen LogP contribution in [0.4, 0.5) is 11.4 Å². The first kappa shape index (κ1) is 20.0. The van der Waals surface area contributed by atoms with Crippen molar-refractivity contribution in [1.82, 2.24) is 0 Å². The van der Waals surface area contributed by atoms with E-state index in [0.717, 1.165) is 24.2 Å². The van der Waals surface area contributed by atoms with E-state index in [9.17, 15) is 0 Å². The molecule has 0 aliphatic heterocycles. The van der Waals surface area contributed by atoms with E-state index in [1.54, 1.807) is 0 Å². The maximum absolute atomic E-state index is 9.05. The summed E-state index contributed by atoms with van der Waals surface area (Å²) in [6.07, 6.45) is 2.00. The first-order valence-electron chi connectivity index (χ1n) is 9.73. The third-order valence-electron chi connectivity index (χ3n) is 4.68. The van der Waals surface area contributed by atoms with Crippen LogP contribution < -0.4 is 9.80 Å². The topological polar surface area (TPSA) is 30.3 Å². The van der Waals surface area contributed by atoms with Gasteiger partial charge in [-0.15, -0.1) is 0 Å². The van der Waals surface area contributed by atoms with Gasteiger partial charge in [-0.25, -0.2) is 0 Å². The van der Waals surface area contributed by atoms with Crippen LogP contribution in [0.5, 0.6) is 0 Å². The number of guanidine groups is 1. The molecule has 0 fully saturated rings. The predicted octanol–water partition coefficient (Wildman–Crippen LogP) is 5.88. The van der Waals surface area contributed by atoms with Gasteiger partial charge in [-0.1, -0.05) is 38.1 Å². The Balaban J connectivity index is 2.46. The van der Waals surface area contributed by atoms with Gasteiger partial charge in [-0.05, 0) is 75.9 Å². The molecule has 0 spiro atoms. The van der Waals surface area contributed by atoms with Gasteiger partial charge in [0.1, 0.15) is 0 Å². The number of hydrogen-bond acceptors (Lipinski definition) is 1. The van der Waals surface area contributed by atoms with E-state index >= 15 is 0 Å². The number of aryl methyl sites for hydroxylation is 2. The molecule has 0 radical (unpaired) electrons. The second-order valence-corrected chi connectivity index (χ2v) is 7.30. The van der Waals surface area contributed by atoms with E-state index in [4.69, 9.17) is 5.41 Å². The number of rotatable bonds is 6. The highest BCUT2D eigenvalue weighted by molar-refractivity contribution is 6.06. The second kappa shape index (κ2) is 8.88. The summed E-state index contributed by atoms with van der Waals surface area (Å²) in [5, 5.41) is 9.05. The summed E-state index contributed by atoms with van der Waals surface area (Å²) in [4.78, 5) is 4.25. The monoisotopic (exact) mass is 351 g/mol. The smallest absolute Gasteiger partial charge is 0.203 e. The van der Waals surface area contributed by atoms with Crippen molar-refractivity contribution in [3.63, 3.8) is 0 Å². The SMILES string of the molecule is CCc1cccc(N(C(=N)N(c2cccc(CC)c2)C(C)C)C(C)C)c1. The molecule has 0 bridgehead atoms. The van der Waals surface area contributed by atoms with Gasteiger partial charge in [0.2, 0.25) is 5.96 Å². The van der Waals surface area contributed by atoms with Crippen molar-refractivity contribution >= 4 is 17.3 Å². The third-order valence-corrected chi connectivity index (χ3v) is 4.68. The highest BCUT2D eigenvalue weighted by Gasteiger charge is 2.25. The van der Waals surface area contributed by atoms with Crippen LogP contribution in [0.2, 0.25) is 0 Å². The number of benzene rings is 2. The molecule has 0 aromatic heterocycles. The summed E-state index contributed by atoms with van der Waals surface area (Å²) in [5.41, 5.74) is 4.76. The van der Waals surface area contributed by atoms with Crippen LogP contribution in [0.1, 0.15) is 52.7 Å². The van der Waals surface area contributed by atoms with E-state index in [0.29, 0.717) is 5.96 Å². The molecule has 2 aromatic carbocycles. The Hall–Kier alpha value is -2.29. The minimum atomic E-state index is 0.199. The Morgan fingerprint density at radius 2 is 1.15 bits per heavy atom. The van der Waals surface area contributed by atoms with Crippen molar-refractivity contribution in [3.8, 4) is 0 Å². The molecule has 0 aliphatic carbocycles. The molecule has 0 saturated carbocycles. The molecule has 0 saturated heterocycles. The lowest BCUT2D eigenvalue weighted by atomic mass is 10.1. The molecule has 0 unspecified atom stereocenters. The van der Waals surface area contributed by atoms with Gasteiger partial charge < -0.3 is 9.80 Å². The van der Waals surface area contributed by atoms with Gasteiger partial charge in [0.15, 0.2) is 0 Å². The lowest BCUT2D eigenvalue weighted by molar-refractivity contribution is 0.746. The van der Waals surface area contributed by atoms with Gasteiger partial charge in [0.25, 0.3) is 0 Å². The fraction of sp³-hybridized carbons (Fsp3) is 0.435. The van der Waals surface area contributed by atoms with Crippen LogP contribution in [0.25, 0.3) is 0 Å².